The summed E-state index contributed by atoms with van der Waals surface area (Å²) in [7, 11) is 0. The Hall–Kier alpha value is -0.610. The van der Waals surface area contributed by atoms with Gasteiger partial charge < -0.3 is 10.6 Å². The molecule has 4 nitrogen and oxygen atoms in total. The molecule has 1 saturated heterocycles. The quantitative estimate of drug-likeness (QED) is 0.770. The predicted octanol–water partition coefficient (Wildman–Crippen LogP) is 1.61. The largest absolute Gasteiger partial charge is 0.353 e. The Balaban J connectivity index is 2.38. The minimum Gasteiger partial charge on any atom is -0.353 e. The molecule has 1 amide bonds. The monoisotopic (exact) mass is 269 g/mol. The molecular weight excluding hydrogens is 238 g/mol. The highest BCUT2D eigenvalue weighted by molar-refractivity contribution is 5.81. The van der Waals surface area contributed by atoms with E-state index in [1.807, 2.05) is 20.8 Å². The number of carbonyl (C=O) groups is 1. The van der Waals surface area contributed by atoms with Gasteiger partial charge in [-0.15, -0.1) is 0 Å². The van der Waals surface area contributed by atoms with Crippen molar-refractivity contribution in [3.8, 4) is 0 Å². The highest BCUT2D eigenvalue weighted by Gasteiger charge is 2.28. The molecule has 0 saturated carbocycles. The van der Waals surface area contributed by atoms with Gasteiger partial charge in [0, 0.05) is 12.1 Å². The number of carbonyl (C=O) groups excluding carboxylic acids is 1. The Bertz CT molecular complexity index is 273. The van der Waals surface area contributed by atoms with Gasteiger partial charge in [0.1, 0.15) is 0 Å². The van der Waals surface area contributed by atoms with Gasteiger partial charge in [0.15, 0.2) is 0 Å². The number of amides is 1. The molecule has 0 aromatic carbocycles. The number of nitrogens with one attached hydrogen (secondary N) is 2. The fourth-order valence-corrected chi connectivity index (χ4v) is 2.87. The van der Waals surface area contributed by atoms with Crippen LogP contribution < -0.4 is 10.6 Å². The van der Waals surface area contributed by atoms with Gasteiger partial charge in [-0.2, -0.15) is 0 Å². The lowest BCUT2D eigenvalue weighted by Crippen LogP contribution is -2.51. The summed E-state index contributed by atoms with van der Waals surface area (Å²) in [6.45, 7) is 13.6. The molecule has 1 heterocycles. The Labute approximate surface area is 118 Å². The second-order valence-corrected chi connectivity index (χ2v) is 6.06. The SMILES string of the molecule is CCNC(C)C1CCN(C(C)C(=O)NC(C)C)CC1. The molecule has 2 N–H and O–H groups in total. The molecule has 0 bridgehead atoms. The van der Waals surface area contributed by atoms with E-state index in [1.165, 1.54) is 12.8 Å². The van der Waals surface area contributed by atoms with Crippen LogP contribution in [0, 0.1) is 5.92 Å². The Morgan fingerprint density at radius 1 is 1.21 bits per heavy atom. The zero-order chi connectivity index (χ0) is 14.4. The molecule has 0 radical (unpaired) electrons. The van der Waals surface area contributed by atoms with E-state index in [1.54, 1.807) is 0 Å². The Morgan fingerprint density at radius 3 is 2.26 bits per heavy atom. The van der Waals surface area contributed by atoms with Crippen LogP contribution in [0.5, 0.6) is 0 Å². The maximum atomic E-state index is 12.0. The number of piperidine rings is 1. The predicted molar refractivity (Wildman–Crippen MR) is 80.2 cm³/mol. The molecule has 19 heavy (non-hydrogen) atoms. The van der Waals surface area contributed by atoms with Gasteiger partial charge >= 0.3 is 0 Å². The highest BCUT2D eigenvalue weighted by Crippen LogP contribution is 2.22. The van der Waals surface area contributed by atoms with Crippen LogP contribution in [0.25, 0.3) is 0 Å². The van der Waals surface area contributed by atoms with Crippen LogP contribution in [0.4, 0.5) is 0 Å². The number of nitrogens with zero attached hydrogens (tertiary/aromatic N) is 1. The van der Waals surface area contributed by atoms with Gasteiger partial charge in [-0.3, -0.25) is 9.69 Å². The first kappa shape index (κ1) is 16.4. The molecule has 4 heteroatoms. The first-order chi connectivity index (χ1) is 8.95. The van der Waals surface area contributed by atoms with Crippen LogP contribution in [0.15, 0.2) is 0 Å². The summed E-state index contributed by atoms with van der Waals surface area (Å²) in [5.74, 6) is 0.907. The van der Waals surface area contributed by atoms with Gasteiger partial charge in [0.2, 0.25) is 5.91 Å². The molecule has 0 aromatic heterocycles. The molecular formula is C15H31N3O. The van der Waals surface area contributed by atoms with Crippen molar-refractivity contribution in [2.24, 2.45) is 5.92 Å². The molecule has 2 atom stereocenters. The molecule has 0 aliphatic carbocycles. The maximum Gasteiger partial charge on any atom is 0.237 e. The zero-order valence-electron chi connectivity index (χ0n) is 13.2. The molecule has 1 aliphatic rings. The van der Waals surface area contributed by atoms with Crippen LogP contribution in [-0.4, -0.2) is 48.6 Å². The van der Waals surface area contributed by atoms with Crippen molar-refractivity contribution in [2.75, 3.05) is 19.6 Å². The van der Waals surface area contributed by atoms with E-state index in [0.717, 1.165) is 25.6 Å². The van der Waals surface area contributed by atoms with Crippen LogP contribution in [0.3, 0.4) is 0 Å². The standard InChI is InChI=1S/C15H31N3O/c1-6-16-12(4)14-7-9-18(10-8-14)13(5)15(19)17-11(2)3/h11-14,16H,6-10H2,1-5H3,(H,17,19). The Kier molecular flexibility index (Phi) is 6.80. The topological polar surface area (TPSA) is 44.4 Å². The summed E-state index contributed by atoms with van der Waals surface area (Å²) in [6.07, 6.45) is 2.38. The zero-order valence-corrected chi connectivity index (χ0v) is 13.2. The third-order valence-electron chi connectivity index (χ3n) is 4.17. The van der Waals surface area contributed by atoms with E-state index in [0.29, 0.717) is 6.04 Å². The van der Waals surface area contributed by atoms with Crippen molar-refractivity contribution in [3.05, 3.63) is 0 Å². The molecule has 112 valence electrons. The van der Waals surface area contributed by atoms with E-state index in [9.17, 15) is 4.79 Å². The Morgan fingerprint density at radius 2 is 1.79 bits per heavy atom. The second-order valence-electron chi connectivity index (χ2n) is 6.06. The summed E-state index contributed by atoms with van der Waals surface area (Å²) in [4.78, 5) is 14.3. The van der Waals surface area contributed by atoms with Crippen LogP contribution in [-0.2, 0) is 4.79 Å². The van der Waals surface area contributed by atoms with Crippen molar-refractivity contribution < 1.29 is 4.79 Å². The van der Waals surface area contributed by atoms with Crippen LogP contribution in [0.2, 0.25) is 0 Å². The third-order valence-corrected chi connectivity index (χ3v) is 4.17. The number of hydrogen-bond acceptors (Lipinski definition) is 3. The van der Waals surface area contributed by atoms with E-state index >= 15 is 0 Å². The van der Waals surface area contributed by atoms with Crippen molar-refractivity contribution in [1.29, 1.82) is 0 Å². The average Bonchev–Trinajstić information content (AvgIpc) is 2.37. The van der Waals surface area contributed by atoms with Crippen molar-refractivity contribution in [2.45, 2.75) is 65.6 Å². The highest BCUT2D eigenvalue weighted by atomic mass is 16.2. The fourth-order valence-electron chi connectivity index (χ4n) is 2.87. The van der Waals surface area contributed by atoms with Gasteiger partial charge in [-0.25, -0.2) is 0 Å². The summed E-state index contributed by atoms with van der Waals surface area (Å²) in [6, 6.07) is 0.811. The average molecular weight is 269 g/mol. The van der Waals surface area contributed by atoms with Crippen molar-refractivity contribution in [1.82, 2.24) is 15.5 Å². The molecule has 2 unspecified atom stereocenters. The molecule has 1 fully saturated rings. The van der Waals surface area contributed by atoms with E-state index in [2.05, 4.69) is 29.4 Å². The van der Waals surface area contributed by atoms with E-state index < -0.39 is 0 Å². The summed E-state index contributed by atoms with van der Waals surface area (Å²) in [5.41, 5.74) is 0. The molecule has 0 aromatic rings. The smallest absolute Gasteiger partial charge is 0.237 e. The van der Waals surface area contributed by atoms with Gasteiger partial charge in [-0.05, 0) is 66.1 Å². The van der Waals surface area contributed by atoms with Gasteiger partial charge in [0.05, 0.1) is 6.04 Å². The molecule has 0 spiro atoms. The third kappa shape index (κ3) is 5.11. The molecule has 1 aliphatic heterocycles. The van der Waals surface area contributed by atoms with Crippen LogP contribution in [0.1, 0.15) is 47.5 Å². The van der Waals surface area contributed by atoms with Crippen LogP contribution >= 0.6 is 0 Å². The number of rotatable bonds is 6. The van der Waals surface area contributed by atoms with E-state index in [-0.39, 0.29) is 18.0 Å². The maximum absolute atomic E-state index is 12.0. The van der Waals surface area contributed by atoms with Gasteiger partial charge in [0.25, 0.3) is 0 Å². The summed E-state index contributed by atoms with van der Waals surface area (Å²) < 4.78 is 0. The van der Waals surface area contributed by atoms with Crippen molar-refractivity contribution in [3.63, 3.8) is 0 Å². The van der Waals surface area contributed by atoms with Crippen molar-refractivity contribution >= 4 is 5.91 Å². The molecule has 1 rings (SSSR count). The van der Waals surface area contributed by atoms with E-state index in [4.69, 9.17) is 0 Å². The minimum atomic E-state index is -0.00205. The summed E-state index contributed by atoms with van der Waals surface area (Å²) in [5, 5.41) is 6.51. The number of hydrogen-bond donors (Lipinski definition) is 2. The lowest BCUT2D eigenvalue weighted by atomic mass is 9.89. The normalized spacial score (nSPS) is 21.4. The lowest BCUT2D eigenvalue weighted by molar-refractivity contribution is -0.127. The fraction of sp³-hybridized carbons (Fsp3) is 0.933. The first-order valence-corrected chi connectivity index (χ1v) is 7.73. The first-order valence-electron chi connectivity index (χ1n) is 7.73. The lowest BCUT2D eigenvalue weighted by Gasteiger charge is -2.37. The minimum absolute atomic E-state index is 0.00205. The second kappa shape index (κ2) is 7.85. The summed E-state index contributed by atoms with van der Waals surface area (Å²) >= 11 is 0. The number of likely N-dealkylation sites (tertiary alicyclic amines) is 1. The van der Waals surface area contributed by atoms with Gasteiger partial charge in [-0.1, -0.05) is 6.92 Å².